The van der Waals surface area contributed by atoms with E-state index >= 15 is 0 Å². The van der Waals surface area contributed by atoms with Gasteiger partial charge in [0, 0.05) is 23.7 Å². The molecule has 0 saturated heterocycles. The number of alkyl halides is 3. The van der Waals surface area contributed by atoms with Crippen LogP contribution in [0.3, 0.4) is 0 Å². The Morgan fingerprint density at radius 1 is 1.31 bits per heavy atom. The third kappa shape index (κ3) is 3.99. The Kier molecular flexibility index (Phi) is 4.83. The predicted octanol–water partition coefficient (Wildman–Crippen LogP) is 4.80. The second-order valence-corrected chi connectivity index (χ2v) is 7.78. The van der Waals surface area contributed by atoms with Gasteiger partial charge in [-0.05, 0) is 23.8 Å². The monoisotopic (exact) mass is 439 g/mol. The number of nitrogens with zero attached hydrogens (tertiary/aromatic N) is 4. The van der Waals surface area contributed by atoms with Crippen molar-refractivity contribution in [2.45, 2.75) is 12.7 Å². The minimum absolute atomic E-state index is 0.0909. The average molecular weight is 440 g/mol. The van der Waals surface area contributed by atoms with Crippen molar-refractivity contribution in [2.24, 2.45) is 7.05 Å². The standard InChI is InChI=1S/C18H13ClF3N5OS/c1-26-17-13(15(25-26)18(20,21)22)6-14(29-17)16(28)24-12-7-23-27(9-12)8-10-3-2-4-11(19)5-10/h2-7,9H,8H2,1H3,(H,24,28). The van der Waals surface area contributed by atoms with Crippen LogP contribution in [0.15, 0.2) is 42.7 Å². The topological polar surface area (TPSA) is 64.7 Å². The molecule has 0 saturated carbocycles. The van der Waals surface area contributed by atoms with Crippen molar-refractivity contribution in [1.82, 2.24) is 19.6 Å². The van der Waals surface area contributed by atoms with Crippen molar-refractivity contribution in [3.63, 3.8) is 0 Å². The van der Waals surface area contributed by atoms with Gasteiger partial charge < -0.3 is 5.32 Å². The zero-order chi connectivity index (χ0) is 20.8. The summed E-state index contributed by atoms with van der Waals surface area (Å²) in [5.74, 6) is -0.512. The molecule has 0 radical (unpaired) electrons. The van der Waals surface area contributed by atoms with Crippen molar-refractivity contribution in [1.29, 1.82) is 0 Å². The molecule has 150 valence electrons. The number of carbonyl (C=O) groups excluding carboxylic acids is 1. The van der Waals surface area contributed by atoms with Crippen LogP contribution in [-0.2, 0) is 19.8 Å². The number of aromatic nitrogens is 4. The maximum atomic E-state index is 13.1. The number of nitrogens with one attached hydrogen (secondary N) is 1. The molecule has 0 fully saturated rings. The van der Waals surface area contributed by atoms with Crippen LogP contribution in [-0.4, -0.2) is 25.5 Å². The summed E-state index contributed by atoms with van der Waals surface area (Å²) in [5.41, 5.74) is 0.374. The van der Waals surface area contributed by atoms with E-state index in [-0.39, 0.29) is 15.1 Å². The second-order valence-electron chi connectivity index (χ2n) is 6.31. The lowest BCUT2D eigenvalue weighted by molar-refractivity contribution is -0.140. The molecular weight excluding hydrogens is 427 g/mol. The summed E-state index contributed by atoms with van der Waals surface area (Å²) in [6.07, 6.45) is -1.48. The highest BCUT2D eigenvalue weighted by Gasteiger charge is 2.37. The molecule has 3 aromatic heterocycles. The highest BCUT2D eigenvalue weighted by Crippen LogP contribution is 2.37. The fourth-order valence-electron chi connectivity index (χ4n) is 2.89. The van der Waals surface area contributed by atoms with Crippen LogP contribution in [0.4, 0.5) is 18.9 Å². The maximum absolute atomic E-state index is 13.1. The Morgan fingerprint density at radius 2 is 2.10 bits per heavy atom. The van der Waals surface area contributed by atoms with Crippen LogP contribution in [0.1, 0.15) is 20.9 Å². The second kappa shape index (κ2) is 7.20. The first kappa shape index (κ1) is 19.5. The van der Waals surface area contributed by atoms with E-state index in [0.717, 1.165) is 21.6 Å². The Hall–Kier alpha value is -2.85. The number of anilines is 1. The highest BCUT2D eigenvalue weighted by atomic mass is 35.5. The number of hydrogen-bond acceptors (Lipinski definition) is 4. The summed E-state index contributed by atoms with van der Waals surface area (Å²) in [4.78, 5) is 12.9. The molecule has 0 aliphatic carbocycles. The summed E-state index contributed by atoms with van der Waals surface area (Å²) < 4.78 is 42.1. The lowest BCUT2D eigenvalue weighted by Gasteiger charge is -2.03. The van der Waals surface area contributed by atoms with Crippen LogP contribution < -0.4 is 5.32 Å². The Bertz CT molecular complexity index is 1210. The molecule has 29 heavy (non-hydrogen) atoms. The fraction of sp³-hybridized carbons (Fsp3) is 0.167. The molecule has 0 spiro atoms. The number of benzene rings is 1. The number of thiophene rings is 1. The molecule has 6 nitrogen and oxygen atoms in total. The highest BCUT2D eigenvalue weighted by molar-refractivity contribution is 7.20. The van der Waals surface area contributed by atoms with E-state index in [9.17, 15) is 18.0 Å². The Morgan fingerprint density at radius 3 is 2.83 bits per heavy atom. The number of halogens is 4. The molecular formula is C18H13ClF3N5OS. The van der Waals surface area contributed by atoms with Crippen LogP contribution in [0.25, 0.3) is 10.2 Å². The smallest absolute Gasteiger partial charge is 0.319 e. The van der Waals surface area contributed by atoms with Gasteiger partial charge >= 0.3 is 6.18 Å². The molecule has 0 bridgehead atoms. The first-order valence-corrected chi connectivity index (χ1v) is 9.52. The molecule has 1 aromatic carbocycles. The normalized spacial score (nSPS) is 11.9. The zero-order valence-electron chi connectivity index (χ0n) is 14.9. The summed E-state index contributed by atoms with van der Waals surface area (Å²) >= 11 is 6.91. The Balaban J connectivity index is 1.52. The summed E-state index contributed by atoms with van der Waals surface area (Å²) in [5, 5.41) is 10.9. The third-order valence-corrected chi connectivity index (χ3v) is 5.56. The number of carbonyl (C=O) groups is 1. The SMILES string of the molecule is Cn1nc(C(F)(F)F)c2cc(C(=O)Nc3cnn(Cc4cccc(Cl)c4)c3)sc21. The van der Waals surface area contributed by atoms with Crippen LogP contribution in [0.5, 0.6) is 0 Å². The van der Waals surface area contributed by atoms with Gasteiger partial charge in [-0.15, -0.1) is 11.3 Å². The van der Waals surface area contributed by atoms with Gasteiger partial charge in [-0.2, -0.15) is 23.4 Å². The summed E-state index contributed by atoms with van der Waals surface area (Å²) in [7, 11) is 1.41. The van der Waals surface area contributed by atoms with Gasteiger partial charge in [-0.1, -0.05) is 23.7 Å². The molecule has 11 heteroatoms. The average Bonchev–Trinajstić information content (AvgIpc) is 3.31. The lowest BCUT2D eigenvalue weighted by atomic mass is 10.2. The Labute approximate surface area is 171 Å². The van der Waals surface area contributed by atoms with Crippen molar-refractivity contribution in [2.75, 3.05) is 5.32 Å². The van der Waals surface area contributed by atoms with Gasteiger partial charge in [-0.25, -0.2) is 0 Å². The number of aryl methyl sites for hydroxylation is 1. The third-order valence-electron chi connectivity index (χ3n) is 4.13. The van der Waals surface area contributed by atoms with Gasteiger partial charge in [0.1, 0.15) is 4.83 Å². The van der Waals surface area contributed by atoms with Gasteiger partial charge in [0.15, 0.2) is 5.69 Å². The molecule has 0 unspecified atom stereocenters. The van der Waals surface area contributed by atoms with Crippen molar-refractivity contribution < 1.29 is 18.0 Å². The number of hydrogen-bond donors (Lipinski definition) is 1. The lowest BCUT2D eigenvalue weighted by Crippen LogP contribution is -2.10. The van der Waals surface area contributed by atoms with E-state index < -0.39 is 17.8 Å². The largest absolute Gasteiger partial charge is 0.435 e. The fourth-order valence-corrected chi connectivity index (χ4v) is 4.07. The maximum Gasteiger partial charge on any atom is 0.435 e. The van der Waals surface area contributed by atoms with E-state index in [2.05, 4.69) is 15.5 Å². The first-order chi connectivity index (χ1) is 13.7. The number of amides is 1. The van der Waals surface area contributed by atoms with E-state index in [1.807, 2.05) is 18.2 Å². The van der Waals surface area contributed by atoms with Gasteiger partial charge in [0.05, 0.1) is 23.3 Å². The van der Waals surface area contributed by atoms with E-state index in [4.69, 9.17) is 11.6 Å². The minimum Gasteiger partial charge on any atom is -0.319 e. The predicted molar refractivity (Wildman–Crippen MR) is 104 cm³/mol. The van der Waals surface area contributed by atoms with Crippen molar-refractivity contribution in [3.8, 4) is 0 Å². The molecule has 0 atom stereocenters. The van der Waals surface area contributed by atoms with E-state index in [1.165, 1.54) is 19.3 Å². The summed E-state index contributed by atoms with van der Waals surface area (Å²) in [6, 6.07) is 8.52. The molecule has 4 rings (SSSR count). The molecule has 0 aliphatic rings. The van der Waals surface area contributed by atoms with Crippen LogP contribution in [0.2, 0.25) is 5.02 Å². The molecule has 3 heterocycles. The quantitative estimate of drug-likeness (QED) is 0.496. The number of fused-ring (bicyclic) bond motifs is 1. The van der Waals surface area contributed by atoms with E-state index in [0.29, 0.717) is 17.3 Å². The van der Waals surface area contributed by atoms with Gasteiger partial charge in [0.2, 0.25) is 0 Å². The van der Waals surface area contributed by atoms with Gasteiger partial charge in [-0.3, -0.25) is 14.2 Å². The van der Waals surface area contributed by atoms with Crippen LogP contribution >= 0.6 is 22.9 Å². The molecule has 4 aromatic rings. The van der Waals surface area contributed by atoms with Gasteiger partial charge in [0.25, 0.3) is 5.91 Å². The van der Waals surface area contributed by atoms with E-state index in [1.54, 1.807) is 16.9 Å². The van der Waals surface area contributed by atoms with Crippen molar-refractivity contribution >= 4 is 44.7 Å². The minimum atomic E-state index is -4.59. The zero-order valence-corrected chi connectivity index (χ0v) is 16.4. The molecule has 1 N–H and O–H groups in total. The molecule has 1 amide bonds. The first-order valence-electron chi connectivity index (χ1n) is 8.32. The molecule has 0 aliphatic heterocycles. The number of rotatable bonds is 4. The summed E-state index contributed by atoms with van der Waals surface area (Å²) in [6.45, 7) is 0.458. The van der Waals surface area contributed by atoms with Crippen molar-refractivity contribution in [3.05, 3.63) is 63.9 Å². The van der Waals surface area contributed by atoms with Crippen LogP contribution in [0, 0.1) is 0 Å².